The number of rotatable bonds is 6. The third kappa shape index (κ3) is 3.76. The van der Waals surface area contributed by atoms with Gasteiger partial charge in [-0.05, 0) is 43.5 Å². The summed E-state index contributed by atoms with van der Waals surface area (Å²) in [6, 6.07) is 6.53. The average Bonchev–Trinajstić information content (AvgIpc) is 2.47. The minimum Gasteiger partial charge on any atom is -0.358 e. The highest BCUT2D eigenvalue weighted by Crippen LogP contribution is 2.25. The number of anilines is 1. The predicted octanol–water partition coefficient (Wildman–Crippen LogP) is 2.21. The van der Waals surface area contributed by atoms with E-state index in [0.29, 0.717) is 0 Å². The number of carbonyl (C=O) groups is 1. The maximum absolute atomic E-state index is 12.0. The molecule has 4 nitrogen and oxygen atoms in total. The van der Waals surface area contributed by atoms with Crippen LogP contribution < -0.4 is 15.5 Å². The molecule has 1 aliphatic heterocycles. The normalized spacial score (nSPS) is 18.7. The molecule has 4 heteroatoms. The molecule has 1 fully saturated rings. The molecular formula is C17H27N3O. The molecule has 1 unspecified atom stereocenters. The molecule has 1 aliphatic rings. The SMILES string of the molecule is CCCNCc1ccc(N2CCNC(=O)C2CC)c(C)c1. The van der Waals surface area contributed by atoms with Gasteiger partial charge in [0.25, 0.3) is 0 Å². The van der Waals surface area contributed by atoms with Crippen molar-refractivity contribution in [1.29, 1.82) is 0 Å². The summed E-state index contributed by atoms with van der Waals surface area (Å²) >= 11 is 0. The van der Waals surface area contributed by atoms with Crippen LogP contribution in [0.15, 0.2) is 18.2 Å². The van der Waals surface area contributed by atoms with Crippen molar-refractivity contribution < 1.29 is 4.79 Å². The fraction of sp³-hybridized carbons (Fsp3) is 0.588. The lowest BCUT2D eigenvalue weighted by atomic mass is 10.0. The lowest BCUT2D eigenvalue weighted by Gasteiger charge is -2.37. The number of aryl methyl sites for hydroxylation is 1. The van der Waals surface area contributed by atoms with Gasteiger partial charge in [0.1, 0.15) is 6.04 Å². The Labute approximate surface area is 127 Å². The van der Waals surface area contributed by atoms with Crippen molar-refractivity contribution in [1.82, 2.24) is 10.6 Å². The quantitative estimate of drug-likeness (QED) is 0.789. The van der Waals surface area contributed by atoms with E-state index in [-0.39, 0.29) is 11.9 Å². The Morgan fingerprint density at radius 3 is 2.86 bits per heavy atom. The highest BCUT2D eigenvalue weighted by Gasteiger charge is 2.28. The summed E-state index contributed by atoms with van der Waals surface area (Å²) in [6.45, 7) is 9.96. The molecule has 1 atom stereocenters. The van der Waals surface area contributed by atoms with Crippen molar-refractivity contribution >= 4 is 11.6 Å². The Morgan fingerprint density at radius 1 is 1.38 bits per heavy atom. The first-order valence-corrected chi connectivity index (χ1v) is 8.02. The monoisotopic (exact) mass is 289 g/mol. The number of benzene rings is 1. The van der Waals surface area contributed by atoms with Crippen LogP contribution in [0.5, 0.6) is 0 Å². The minimum absolute atomic E-state index is 0.0403. The van der Waals surface area contributed by atoms with Crippen LogP contribution in [-0.2, 0) is 11.3 Å². The van der Waals surface area contributed by atoms with Crippen LogP contribution in [0.4, 0.5) is 5.69 Å². The molecule has 0 bridgehead atoms. The molecule has 1 saturated heterocycles. The van der Waals surface area contributed by atoms with Gasteiger partial charge in [-0.25, -0.2) is 0 Å². The number of nitrogens with one attached hydrogen (secondary N) is 2. The van der Waals surface area contributed by atoms with Crippen LogP contribution in [0.25, 0.3) is 0 Å². The van der Waals surface area contributed by atoms with Crippen LogP contribution >= 0.6 is 0 Å². The standard InChI is InChI=1S/C17H27N3O/c1-4-8-18-12-14-6-7-16(13(3)11-14)20-10-9-19-17(21)15(20)5-2/h6-7,11,15,18H,4-5,8-10,12H2,1-3H3,(H,19,21). The first kappa shape index (κ1) is 15.8. The first-order chi connectivity index (χ1) is 10.2. The van der Waals surface area contributed by atoms with E-state index in [1.807, 2.05) is 0 Å². The Hall–Kier alpha value is -1.55. The average molecular weight is 289 g/mol. The van der Waals surface area contributed by atoms with Gasteiger partial charge in [-0.2, -0.15) is 0 Å². The fourth-order valence-electron chi connectivity index (χ4n) is 2.97. The molecule has 1 amide bonds. The summed E-state index contributed by atoms with van der Waals surface area (Å²) in [7, 11) is 0. The van der Waals surface area contributed by atoms with Gasteiger partial charge >= 0.3 is 0 Å². The summed E-state index contributed by atoms with van der Waals surface area (Å²) in [5.74, 6) is 0.150. The lowest BCUT2D eigenvalue weighted by molar-refractivity contribution is -0.123. The van der Waals surface area contributed by atoms with Gasteiger partial charge in [-0.15, -0.1) is 0 Å². The third-order valence-corrected chi connectivity index (χ3v) is 4.04. The molecular weight excluding hydrogens is 262 g/mol. The van der Waals surface area contributed by atoms with Crippen molar-refractivity contribution in [3.8, 4) is 0 Å². The first-order valence-electron chi connectivity index (χ1n) is 8.02. The van der Waals surface area contributed by atoms with Crippen molar-refractivity contribution in [2.75, 3.05) is 24.5 Å². The minimum atomic E-state index is -0.0403. The number of carbonyl (C=O) groups excluding carboxylic acids is 1. The van der Waals surface area contributed by atoms with E-state index in [0.717, 1.165) is 39.0 Å². The number of amides is 1. The van der Waals surface area contributed by atoms with Crippen molar-refractivity contribution in [3.05, 3.63) is 29.3 Å². The van der Waals surface area contributed by atoms with Crippen molar-refractivity contribution in [2.24, 2.45) is 0 Å². The summed E-state index contributed by atoms with van der Waals surface area (Å²) in [6.07, 6.45) is 1.99. The van der Waals surface area contributed by atoms with Gasteiger partial charge in [-0.1, -0.05) is 26.0 Å². The topological polar surface area (TPSA) is 44.4 Å². The van der Waals surface area contributed by atoms with E-state index in [4.69, 9.17) is 0 Å². The number of nitrogens with zero attached hydrogens (tertiary/aromatic N) is 1. The third-order valence-electron chi connectivity index (χ3n) is 4.04. The van der Waals surface area contributed by atoms with E-state index in [1.165, 1.54) is 16.8 Å². The number of piperazine rings is 1. The number of hydrogen-bond acceptors (Lipinski definition) is 3. The molecule has 116 valence electrons. The second kappa shape index (κ2) is 7.46. The van der Waals surface area contributed by atoms with Crippen LogP contribution in [0.2, 0.25) is 0 Å². The van der Waals surface area contributed by atoms with E-state index in [9.17, 15) is 4.79 Å². The van der Waals surface area contributed by atoms with Crippen LogP contribution in [0.3, 0.4) is 0 Å². The van der Waals surface area contributed by atoms with E-state index in [2.05, 4.69) is 54.5 Å². The molecule has 1 aromatic rings. The maximum atomic E-state index is 12.0. The predicted molar refractivity (Wildman–Crippen MR) is 87.6 cm³/mol. The highest BCUT2D eigenvalue weighted by atomic mass is 16.2. The van der Waals surface area contributed by atoms with Gasteiger partial charge in [0, 0.05) is 25.3 Å². The van der Waals surface area contributed by atoms with E-state index in [1.54, 1.807) is 0 Å². The summed E-state index contributed by atoms with van der Waals surface area (Å²) in [5.41, 5.74) is 3.74. The molecule has 0 radical (unpaired) electrons. The van der Waals surface area contributed by atoms with E-state index < -0.39 is 0 Å². The molecule has 1 heterocycles. The Bertz CT molecular complexity index is 487. The molecule has 2 rings (SSSR count). The zero-order valence-corrected chi connectivity index (χ0v) is 13.4. The van der Waals surface area contributed by atoms with Crippen LogP contribution in [-0.4, -0.2) is 31.6 Å². The molecule has 1 aromatic carbocycles. The maximum Gasteiger partial charge on any atom is 0.242 e. The summed E-state index contributed by atoms with van der Waals surface area (Å²) in [5, 5.41) is 6.38. The van der Waals surface area contributed by atoms with Crippen LogP contribution in [0, 0.1) is 6.92 Å². The Morgan fingerprint density at radius 2 is 2.19 bits per heavy atom. The molecule has 0 aromatic heterocycles. The van der Waals surface area contributed by atoms with Crippen molar-refractivity contribution in [3.63, 3.8) is 0 Å². The largest absolute Gasteiger partial charge is 0.358 e. The molecule has 0 spiro atoms. The van der Waals surface area contributed by atoms with Gasteiger partial charge in [0.05, 0.1) is 0 Å². The van der Waals surface area contributed by atoms with Gasteiger partial charge < -0.3 is 15.5 Å². The molecule has 0 saturated carbocycles. The van der Waals surface area contributed by atoms with Gasteiger partial charge in [0.15, 0.2) is 0 Å². The number of hydrogen-bond donors (Lipinski definition) is 2. The lowest BCUT2D eigenvalue weighted by Crippen LogP contribution is -2.55. The van der Waals surface area contributed by atoms with Crippen LogP contribution in [0.1, 0.15) is 37.8 Å². The summed E-state index contributed by atoms with van der Waals surface area (Å²) < 4.78 is 0. The fourth-order valence-corrected chi connectivity index (χ4v) is 2.97. The van der Waals surface area contributed by atoms with E-state index >= 15 is 0 Å². The molecule has 2 N–H and O–H groups in total. The zero-order chi connectivity index (χ0) is 15.2. The zero-order valence-electron chi connectivity index (χ0n) is 13.4. The van der Waals surface area contributed by atoms with Gasteiger partial charge in [-0.3, -0.25) is 4.79 Å². The van der Waals surface area contributed by atoms with Crippen molar-refractivity contribution in [2.45, 2.75) is 46.2 Å². The molecule has 0 aliphatic carbocycles. The highest BCUT2D eigenvalue weighted by molar-refractivity contribution is 5.86. The summed E-state index contributed by atoms with van der Waals surface area (Å²) in [4.78, 5) is 14.2. The second-order valence-corrected chi connectivity index (χ2v) is 5.71. The second-order valence-electron chi connectivity index (χ2n) is 5.71. The Balaban J connectivity index is 2.14. The molecule has 21 heavy (non-hydrogen) atoms. The Kier molecular flexibility index (Phi) is 5.62. The smallest absolute Gasteiger partial charge is 0.242 e. The van der Waals surface area contributed by atoms with Gasteiger partial charge in [0.2, 0.25) is 5.91 Å².